The molecule has 0 radical (unpaired) electrons. The van der Waals surface area contributed by atoms with Crippen LogP contribution in [0.5, 0.6) is 0 Å². The molecule has 0 saturated carbocycles. The van der Waals surface area contributed by atoms with Crippen molar-refractivity contribution in [1.82, 2.24) is 30.7 Å². The fraction of sp³-hybridized carbons (Fsp3) is 0.609. The summed E-state index contributed by atoms with van der Waals surface area (Å²) in [5.41, 5.74) is 1.29. The summed E-state index contributed by atoms with van der Waals surface area (Å²) in [7, 11) is 1.83. The Bertz CT molecular complexity index is 830. The second kappa shape index (κ2) is 11.8. The van der Waals surface area contributed by atoms with Crippen molar-refractivity contribution >= 4 is 29.9 Å². The number of rotatable bonds is 8. The van der Waals surface area contributed by atoms with Crippen molar-refractivity contribution < 1.29 is 0 Å². The Kier molecular flexibility index (Phi) is 9.74. The third-order valence-corrected chi connectivity index (χ3v) is 6.29. The number of nitrogens with one attached hydrogen (secondary N) is 3. The lowest BCUT2D eigenvalue weighted by molar-refractivity contribution is 0.270. The van der Waals surface area contributed by atoms with Gasteiger partial charge in [0.05, 0.1) is 6.04 Å². The molecule has 0 spiro atoms. The van der Waals surface area contributed by atoms with Gasteiger partial charge in [-0.2, -0.15) is 5.10 Å². The van der Waals surface area contributed by atoms with Crippen molar-refractivity contribution in [3.8, 4) is 0 Å². The van der Waals surface area contributed by atoms with Gasteiger partial charge in [-0.3, -0.25) is 4.99 Å². The van der Waals surface area contributed by atoms with Crippen LogP contribution in [0.4, 0.5) is 0 Å². The van der Waals surface area contributed by atoms with Crippen LogP contribution in [-0.4, -0.2) is 39.9 Å². The van der Waals surface area contributed by atoms with Gasteiger partial charge in [-0.15, -0.1) is 24.0 Å². The predicted octanol–water partition coefficient (Wildman–Crippen LogP) is 4.11. The molecule has 2 unspecified atom stereocenters. The summed E-state index contributed by atoms with van der Waals surface area (Å²) in [4.78, 5) is 9.11. The zero-order chi connectivity index (χ0) is 21.6. The molecule has 8 heteroatoms. The molecule has 0 fully saturated rings. The first-order valence-corrected chi connectivity index (χ1v) is 11.2. The van der Waals surface area contributed by atoms with Gasteiger partial charge in [0.15, 0.2) is 5.96 Å². The lowest BCUT2D eigenvalue weighted by atomic mass is 9.90. The summed E-state index contributed by atoms with van der Waals surface area (Å²) in [5, 5.41) is 15.5. The van der Waals surface area contributed by atoms with Crippen LogP contribution in [0.3, 0.4) is 0 Å². The van der Waals surface area contributed by atoms with Crippen LogP contribution in [-0.2, 0) is 6.54 Å². The first-order chi connectivity index (χ1) is 14.5. The summed E-state index contributed by atoms with van der Waals surface area (Å²) in [6.45, 7) is 10.4. The highest BCUT2D eigenvalue weighted by Gasteiger charge is 2.29. The van der Waals surface area contributed by atoms with E-state index >= 15 is 0 Å². The molecule has 1 aromatic heterocycles. The Hall–Kier alpha value is -1.68. The molecule has 0 saturated heterocycles. The zero-order valence-corrected chi connectivity index (χ0v) is 21.8. The van der Waals surface area contributed by atoms with Crippen LogP contribution < -0.4 is 16.0 Å². The lowest BCUT2D eigenvalue weighted by Gasteiger charge is -2.37. The van der Waals surface area contributed by atoms with Gasteiger partial charge in [0.2, 0.25) is 0 Å². The maximum atomic E-state index is 4.63. The minimum atomic E-state index is -0.0178. The molecule has 31 heavy (non-hydrogen) atoms. The van der Waals surface area contributed by atoms with Gasteiger partial charge in [0.1, 0.15) is 11.6 Å². The largest absolute Gasteiger partial charge is 0.355 e. The molecule has 1 aliphatic heterocycles. The molecule has 0 bridgehead atoms. The summed E-state index contributed by atoms with van der Waals surface area (Å²) in [6.07, 6.45) is 4.19. The van der Waals surface area contributed by atoms with E-state index in [1.165, 1.54) is 5.56 Å². The lowest BCUT2D eigenvalue weighted by Crippen LogP contribution is -2.55. The molecule has 2 aromatic rings. The summed E-state index contributed by atoms with van der Waals surface area (Å²) < 4.78 is 2.02. The van der Waals surface area contributed by atoms with Gasteiger partial charge in [-0.1, -0.05) is 44.2 Å². The minimum Gasteiger partial charge on any atom is -0.355 e. The van der Waals surface area contributed by atoms with Crippen molar-refractivity contribution in [2.75, 3.05) is 13.6 Å². The molecule has 2 heterocycles. The molecule has 3 rings (SSSR count). The second-order valence-electron chi connectivity index (χ2n) is 8.27. The fourth-order valence-electron chi connectivity index (χ4n) is 4.26. The Morgan fingerprint density at radius 2 is 1.97 bits per heavy atom. The Morgan fingerprint density at radius 1 is 1.26 bits per heavy atom. The highest BCUT2D eigenvalue weighted by atomic mass is 127. The van der Waals surface area contributed by atoms with E-state index in [0.29, 0.717) is 0 Å². The SMILES string of the molecule is CCC(CC)(CNC(=NC)NC1CCCn2nc(C)nc21)NC(C)c1ccccc1.I. The van der Waals surface area contributed by atoms with Gasteiger partial charge < -0.3 is 16.0 Å². The Morgan fingerprint density at radius 3 is 2.61 bits per heavy atom. The number of aromatic nitrogens is 3. The molecule has 1 aromatic carbocycles. The van der Waals surface area contributed by atoms with E-state index in [2.05, 4.69) is 82.1 Å². The number of benzene rings is 1. The van der Waals surface area contributed by atoms with E-state index in [1.807, 2.05) is 18.7 Å². The third-order valence-electron chi connectivity index (χ3n) is 6.29. The number of hydrogen-bond donors (Lipinski definition) is 3. The number of hydrogen-bond acceptors (Lipinski definition) is 4. The van der Waals surface area contributed by atoms with Gasteiger partial charge in [-0.25, -0.2) is 9.67 Å². The van der Waals surface area contributed by atoms with Gasteiger partial charge >= 0.3 is 0 Å². The smallest absolute Gasteiger partial charge is 0.191 e. The number of guanidine groups is 1. The van der Waals surface area contributed by atoms with Crippen LogP contribution in [0.1, 0.15) is 75.8 Å². The fourth-order valence-corrected chi connectivity index (χ4v) is 4.26. The summed E-state index contributed by atoms with van der Waals surface area (Å²) >= 11 is 0. The van der Waals surface area contributed by atoms with Gasteiger partial charge in [0.25, 0.3) is 0 Å². The van der Waals surface area contributed by atoms with E-state index in [9.17, 15) is 0 Å². The molecular weight excluding hydrogens is 501 g/mol. The van der Waals surface area contributed by atoms with E-state index in [4.69, 9.17) is 0 Å². The zero-order valence-electron chi connectivity index (χ0n) is 19.5. The molecule has 0 aliphatic carbocycles. The highest BCUT2D eigenvalue weighted by Crippen LogP contribution is 2.24. The van der Waals surface area contributed by atoms with Crippen LogP contribution in [0.25, 0.3) is 0 Å². The third kappa shape index (κ3) is 6.41. The van der Waals surface area contributed by atoms with Crippen molar-refractivity contribution in [3.63, 3.8) is 0 Å². The van der Waals surface area contributed by atoms with Gasteiger partial charge in [-0.05, 0) is 45.1 Å². The van der Waals surface area contributed by atoms with Gasteiger partial charge in [0, 0.05) is 31.7 Å². The van der Waals surface area contributed by atoms with E-state index in [0.717, 1.165) is 56.4 Å². The van der Waals surface area contributed by atoms with Crippen molar-refractivity contribution in [1.29, 1.82) is 0 Å². The van der Waals surface area contributed by atoms with Crippen LogP contribution in [0.15, 0.2) is 35.3 Å². The topological polar surface area (TPSA) is 79.2 Å². The number of nitrogens with zero attached hydrogens (tertiary/aromatic N) is 4. The molecule has 0 amide bonds. The maximum Gasteiger partial charge on any atom is 0.191 e. The number of aliphatic imine (C=N–C) groups is 1. The van der Waals surface area contributed by atoms with E-state index in [-0.39, 0.29) is 41.6 Å². The quantitative estimate of drug-likeness (QED) is 0.267. The Labute approximate surface area is 203 Å². The first kappa shape index (κ1) is 25.6. The number of aryl methyl sites for hydroxylation is 2. The second-order valence-corrected chi connectivity index (χ2v) is 8.27. The molecule has 2 atom stereocenters. The first-order valence-electron chi connectivity index (χ1n) is 11.2. The van der Waals surface area contributed by atoms with Crippen LogP contribution in [0, 0.1) is 6.92 Å². The monoisotopic (exact) mass is 539 g/mol. The average molecular weight is 540 g/mol. The molecular formula is C23H38IN7. The average Bonchev–Trinajstić information content (AvgIpc) is 3.17. The summed E-state index contributed by atoms with van der Waals surface area (Å²) in [6, 6.07) is 11.0. The van der Waals surface area contributed by atoms with Crippen molar-refractivity contribution in [2.45, 2.75) is 77.5 Å². The maximum absolute atomic E-state index is 4.63. The Balaban J connectivity index is 0.00000341. The molecule has 1 aliphatic rings. The molecule has 172 valence electrons. The normalized spacial score (nSPS) is 17.5. The van der Waals surface area contributed by atoms with Crippen LogP contribution in [0.2, 0.25) is 0 Å². The van der Waals surface area contributed by atoms with Crippen molar-refractivity contribution in [2.24, 2.45) is 4.99 Å². The van der Waals surface area contributed by atoms with Crippen molar-refractivity contribution in [3.05, 3.63) is 47.5 Å². The predicted molar refractivity (Wildman–Crippen MR) is 138 cm³/mol. The van der Waals surface area contributed by atoms with E-state index < -0.39 is 0 Å². The van der Waals surface area contributed by atoms with E-state index in [1.54, 1.807) is 0 Å². The standard InChI is InChI=1S/C23H37N7.HI/c1-6-23(7-2,28-17(3)19-12-9-8-10-13-19)16-25-22(24-5)27-20-14-11-15-30-21(20)26-18(4)29-30;/h8-10,12-13,17,20,28H,6-7,11,14-16H2,1-5H3,(H2,24,25,27);1H. The number of fused-ring (bicyclic) bond motifs is 1. The summed E-state index contributed by atoms with van der Waals surface area (Å²) in [5.74, 6) is 2.65. The molecule has 7 nitrogen and oxygen atoms in total. The highest BCUT2D eigenvalue weighted by molar-refractivity contribution is 14.0. The minimum absolute atomic E-state index is 0. The van der Waals surface area contributed by atoms with Crippen LogP contribution >= 0.6 is 24.0 Å². The molecule has 3 N–H and O–H groups in total. The number of halogens is 1.